The predicted molar refractivity (Wildman–Crippen MR) is 104 cm³/mol. The fourth-order valence-corrected chi connectivity index (χ4v) is 3.95. The molecule has 3 rings (SSSR count). The number of carbonyl (C=O) groups is 3. The lowest BCUT2D eigenvalue weighted by Gasteiger charge is -2.33. The molecule has 0 radical (unpaired) electrons. The highest BCUT2D eigenvalue weighted by Gasteiger charge is 2.35. The summed E-state index contributed by atoms with van der Waals surface area (Å²) < 4.78 is 19.1. The van der Waals surface area contributed by atoms with Crippen molar-refractivity contribution in [2.75, 3.05) is 39.4 Å². The van der Waals surface area contributed by atoms with Crippen molar-refractivity contribution in [1.29, 1.82) is 0 Å². The number of imide groups is 1. The van der Waals surface area contributed by atoms with Crippen LogP contribution in [0.1, 0.15) is 12.5 Å². The summed E-state index contributed by atoms with van der Waals surface area (Å²) in [5, 5.41) is 2.33. The van der Waals surface area contributed by atoms with Crippen molar-refractivity contribution in [3.8, 4) is 0 Å². The van der Waals surface area contributed by atoms with E-state index in [9.17, 15) is 18.8 Å². The van der Waals surface area contributed by atoms with Crippen LogP contribution in [0.2, 0.25) is 0 Å². The van der Waals surface area contributed by atoms with E-state index in [-0.39, 0.29) is 35.5 Å². The number of thioether (sulfide) groups is 1. The minimum Gasteiger partial charge on any atom is -0.378 e. The van der Waals surface area contributed by atoms with E-state index in [0.29, 0.717) is 19.8 Å². The van der Waals surface area contributed by atoms with Crippen LogP contribution >= 0.6 is 11.8 Å². The van der Waals surface area contributed by atoms with Gasteiger partial charge in [0.25, 0.3) is 11.1 Å². The molecular weight excluding hydrogens is 385 g/mol. The van der Waals surface area contributed by atoms with Gasteiger partial charge in [-0.25, -0.2) is 4.39 Å². The van der Waals surface area contributed by atoms with E-state index in [1.165, 1.54) is 18.2 Å². The Hall–Kier alpha value is -2.23. The topological polar surface area (TPSA) is 79.0 Å². The van der Waals surface area contributed by atoms with E-state index in [1.807, 2.05) is 11.8 Å². The maximum absolute atomic E-state index is 13.8. The minimum absolute atomic E-state index is 0.0602. The third kappa shape index (κ3) is 4.60. The number of nitrogens with zero attached hydrogens (tertiary/aromatic N) is 2. The molecule has 0 bridgehead atoms. The number of ether oxygens (including phenoxy) is 1. The number of rotatable bonds is 6. The van der Waals surface area contributed by atoms with E-state index in [4.69, 9.17) is 4.74 Å². The maximum atomic E-state index is 13.8. The highest BCUT2D eigenvalue weighted by Crippen LogP contribution is 2.32. The quantitative estimate of drug-likeness (QED) is 0.724. The first-order valence-electron chi connectivity index (χ1n) is 9.10. The number of likely N-dealkylation sites (N-methyl/N-ethyl adjacent to an activating group) is 1. The zero-order valence-electron chi connectivity index (χ0n) is 15.5. The Labute approximate surface area is 166 Å². The molecule has 2 fully saturated rings. The van der Waals surface area contributed by atoms with Crippen molar-refractivity contribution in [3.05, 3.63) is 40.6 Å². The molecular formula is C19H22FN3O4S. The second kappa shape index (κ2) is 9.31. The second-order valence-corrected chi connectivity index (χ2v) is 7.36. The fourth-order valence-electron chi connectivity index (χ4n) is 3.09. The Bertz CT molecular complexity index is 801. The summed E-state index contributed by atoms with van der Waals surface area (Å²) in [5.74, 6) is -1.13. The summed E-state index contributed by atoms with van der Waals surface area (Å²) in [7, 11) is 0. The molecule has 1 aromatic carbocycles. The van der Waals surface area contributed by atoms with Crippen LogP contribution in [0.3, 0.4) is 0 Å². The van der Waals surface area contributed by atoms with Crippen molar-refractivity contribution in [3.63, 3.8) is 0 Å². The molecule has 3 amide bonds. The van der Waals surface area contributed by atoms with Gasteiger partial charge < -0.3 is 10.1 Å². The van der Waals surface area contributed by atoms with E-state index < -0.39 is 17.0 Å². The lowest BCUT2D eigenvalue weighted by atomic mass is 10.2. The standard InChI is InChI=1S/C19H22FN3O4S/c1-2-22-9-10-27-12-15(22)17(24)21-7-8-23-18(25)16(28-19(23)26)11-13-5-3-4-6-14(13)20/h3-6,11,15H,2,7-10,12H2,1H3,(H,21,24)/b16-11-. The molecule has 150 valence electrons. The zero-order valence-corrected chi connectivity index (χ0v) is 16.3. The molecule has 2 aliphatic rings. The number of hydrogen-bond donors (Lipinski definition) is 1. The number of benzene rings is 1. The van der Waals surface area contributed by atoms with E-state index >= 15 is 0 Å². The zero-order chi connectivity index (χ0) is 20.1. The van der Waals surface area contributed by atoms with E-state index in [1.54, 1.807) is 12.1 Å². The average molecular weight is 407 g/mol. The van der Waals surface area contributed by atoms with Gasteiger partial charge in [-0.1, -0.05) is 25.1 Å². The van der Waals surface area contributed by atoms with Gasteiger partial charge in [-0.05, 0) is 30.4 Å². The molecule has 9 heteroatoms. The number of hydrogen-bond acceptors (Lipinski definition) is 6. The van der Waals surface area contributed by atoms with Gasteiger partial charge in [0.15, 0.2) is 0 Å². The number of nitrogens with one attached hydrogen (secondary N) is 1. The summed E-state index contributed by atoms with van der Waals surface area (Å²) in [6.07, 6.45) is 1.37. The van der Waals surface area contributed by atoms with Crippen LogP contribution in [-0.2, 0) is 14.3 Å². The van der Waals surface area contributed by atoms with Crippen LogP contribution < -0.4 is 5.32 Å². The van der Waals surface area contributed by atoms with Crippen LogP contribution in [0.4, 0.5) is 9.18 Å². The van der Waals surface area contributed by atoms with Gasteiger partial charge in [0.1, 0.15) is 11.9 Å². The van der Waals surface area contributed by atoms with Crippen LogP contribution in [0.5, 0.6) is 0 Å². The molecule has 0 spiro atoms. The summed E-state index contributed by atoms with van der Waals surface area (Å²) in [6, 6.07) is 5.67. The fraction of sp³-hybridized carbons (Fsp3) is 0.421. The lowest BCUT2D eigenvalue weighted by molar-refractivity contribution is -0.132. The Balaban J connectivity index is 1.56. The number of morpholine rings is 1. The smallest absolute Gasteiger partial charge is 0.293 e. The lowest BCUT2D eigenvalue weighted by Crippen LogP contribution is -2.54. The molecule has 2 aliphatic heterocycles. The third-order valence-electron chi connectivity index (χ3n) is 4.65. The molecule has 1 unspecified atom stereocenters. The summed E-state index contributed by atoms with van der Waals surface area (Å²) >= 11 is 0.767. The first kappa shape index (κ1) is 20.5. The van der Waals surface area contributed by atoms with Gasteiger partial charge in [-0.3, -0.25) is 24.2 Å². The van der Waals surface area contributed by atoms with Crippen LogP contribution in [0.15, 0.2) is 29.2 Å². The summed E-state index contributed by atoms with van der Waals surface area (Å²) in [5.41, 5.74) is 0.248. The van der Waals surface area contributed by atoms with Crippen molar-refractivity contribution in [2.45, 2.75) is 13.0 Å². The largest absolute Gasteiger partial charge is 0.378 e. The van der Waals surface area contributed by atoms with Gasteiger partial charge in [0.2, 0.25) is 5.91 Å². The van der Waals surface area contributed by atoms with Gasteiger partial charge in [0.05, 0.1) is 18.1 Å². The Morgan fingerprint density at radius 3 is 2.93 bits per heavy atom. The Morgan fingerprint density at radius 1 is 1.39 bits per heavy atom. The SMILES string of the molecule is CCN1CCOCC1C(=O)NCCN1C(=O)S/C(=C\c2ccccc2F)C1=O. The number of carbonyl (C=O) groups excluding carboxylic acids is 3. The molecule has 0 saturated carbocycles. The molecule has 0 aliphatic carbocycles. The molecule has 1 atom stereocenters. The predicted octanol–water partition coefficient (Wildman–Crippen LogP) is 1.70. The normalized spacial score (nSPS) is 22.1. The molecule has 1 N–H and O–H groups in total. The molecule has 1 aromatic rings. The monoisotopic (exact) mass is 407 g/mol. The van der Waals surface area contributed by atoms with E-state index in [2.05, 4.69) is 5.32 Å². The van der Waals surface area contributed by atoms with Crippen LogP contribution in [0, 0.1) is 5.82 Å². The minimum atomic E-state index is -0.483. The average Bonchev–Trinajstić information content (AvgIpc) is 2.97. The molecule has 2 heterocycles. The highest BCUT2D eigenvalue weighted by molar-refractivity contribution is 8.18. The Morgan fingerprint density at radius 2 is 2.18 bits per heavy atom. The molecule has 7 nitrogen and oxygen atoms in total. The van der Waals surface area contributed by atoms with Gasteiger partial charge in [-0.2, -0.15) is 0 Å². The Kier molecular flexibility index (Phi) is 6.82. The number of amides is 3. The molecule has 28 heavy (non-hydrogen) atoms. The third-order valence-corrected chi connectivity index (χ3v) is 5.56. The maximum Gasteiger partial charge on any atom is 0.293 e. The first-order chi connectivity index (χ1) is 13.5. The number of halogens is 1. The van der Waals surface area contributed by atoms with E-state index in [0.717, 1.165) is 23.2 Å². The van der Waals surface area contributed by atoms with Crippen molar-refractivity contribution < 1.29 is 23.5 Å². The first-order valence-corrected chi connectivity index (χ1v) is 9.92. The summed E-state index contributed by atoms with van der Waals surface area (Å²) in [6.45, 7) is 4.55. The van der Waals surface area contributed by atoms with Crippen molar-refractivity contribution >= 4 is 34.9 Å². The van der Waals surface area contributed by atoms with Gasteiger partial charge in [0, 0.05) is 25.2 Å². The van der Waals surface area contributed by atoms with Gasteiger partial charge in [-0.15, -0.1) is 0 Å². The van der Waals surface area contributed by atoms with Crippen molar-refractivity contribution in [2.24, 2.45) is 0 Å². The van der Waals surface area contributed by atoms with Crippen LogP contribution in [-0.4, -0.2) is 72.3 Å². The van der Waals surface area contributed by atoms with Crippen LogP contribution in [0.25, 0.3) is 6.08 Å². The second-order valence-electron chi connectivity index (χ2n) is 6.37. The molecule has 0 aromatic heterocycles. The van der Waals surface area contributed by atoms with Gasteiger partial charge >= 0.3 is 0 Å². The summed E-state index contributed by atoms with van der Waals surface area (Å²) in [4.78, 5) is 40.2. The molecule has 2 saturated heterocycles. The highest BCUT2D eigenvalue weighted by atomic mass is 32.2. The van der Waals surface area contributed by atoms with Crippen molar-refractivity contribution in [1.82, 2.24) is 15.1 Å².